The summed E-state index contributed by atoms with van der Waals surface area (Å²) in [7, 11) is 0. The summed E-state index contributed by atoms with van der Waals surface area (Å²) in [5.41, 5.74) is 1.32. The predicted octanol–water partition coefficient (Wildman–Crippen LogP) is 2.42. The van der Waals surface area contributed by atoms with Crippen LogP contribution in [0.3, 0.4) is 0 Å². The fraction of sp³-hybridized carbons (Fsp3) is 0.667. The van der Waals surface area contributed by atoms with Crippen LogP contribution in [0.5, 0.6) is 0 Å². The Morgan fingerprint density at radius 2 is 2.50 bits per heavy atom. The summed E-state index contributed by atoms with van der Waals surface area (Å²) in [6.07, 6.45) is 8.51. The van der Waals surface area contributed by atoms with Crippen LogP contribution < -0.4 is 5.32 Å². The molecule has 0 saturated carbocycles. The molecule has 2 unspecified atom stereocenters. The second-order valence-electron chi connectivity index (χ2n) is 5.18. The topological polar surface area (TPSA) is 34.2 Å². The number of nitrogens with zero attached hydrogens (tertiary/aromatic N) is 1. The number of hydrogen-bond donors (Lipinski definition) is 1. The van der Waals surface area contributed by atoms with Gasteiger partial charge >= 0.3 is 0 Å². The van der Waals surface area contributed by atoms with Crippen LogP contribution in [0, 0.1) is 5.92 Å². The minimum Gasteiger partial charge on any atom is -0.381 e. The van der Waals surface area contributed by atoms with Gasteiger partial charge < -0.3 is 10.1 Å². The number of aromatic nitrogens is 1. The monoisotopic (exact) mass is 248 g/mol. The van der Waals surface area contributed by atoms with Crippen molar-refractivity contribution in [3.05, 3.63) is 30.1 Å². The summed E-state index contributed by atoms with van der Waals surface area (Å²) in [5.74, 6) is 0.732. The van der Waals surface area contributed by atoms with E-state index in [1.807, 2.05) is 18.5 Å². The molecular formula is C15H24N2O. The summed E-state index contributed by atoms with van der Waals surface area (Å²) in [5, 5.41) is 3.66. The van der Waals surface area contributed by atoms with E-state index in [1.54, 1.807) is 0 Å². The Labute approximate surface area is 110 Å². The lowest BCUT2D eigenvalue weighted by molar-refractivity contribution is 0.181. The molecule has 0 radical (unpaired) electrons. The number of nitrogens with one attached hydrogen (secondary N) is 1. The minimum atomic E-state index is 0.556. The van der Waals surface area contributed by atoms with Gasteiger partial charge in [0, 0.05) is 31.6 Å². The first-order valence-electron chi connectivity index (χ1n) is 7.08. The van der Waals surface area contributed by atoms with E-state index < -0.39 is 0 Å². The van der Waals surface area contributed by atoms with Gasteiger partial charge in [0.1, 0.15) is 0 Å². The molecule has 0 aliphatic carbocycles. The predicted molar refractivity (Wildman–Crippen MR) is 73.6 cm³/mol. The van der Waals surface area contributed by atoms with Gasteiger partial charge in [0.2, 0.25) is 0 Å². The Hall–Kier alpha value is -0.930. The molecule has 100 valence electrons. The molecule has 0 amide bonds. The Balaban J connectivity index is 1.87. The van der Waals surface area contributed by atoms with Crippen LogP contribution in [0.2, 0.25) is 0 Å². The van der Waals surface area contributed by atoms with Crippen LogP contribution in [-0.2, 0) is 11.2 Å². The average molecular weight is 248 g/mol. The van der Waals surface area contributed by atoms with E-state index >= 15 is 0 Å². The van der Waals surface area contributed by atoms with Crippen molar-refractivity contribution in [3.63, 3.8) is 0 Å². The molecule has 1 N–H and O–H groups in total. The highest BCUT2D eigenvalue weighted by atomic mass is 16.5. The lowest BCUT2D eigenvalue weighted by Gasteiger charge is -2.21. The van der Waals surface area contributed by atoms with Gasteiger partial charge in [-0.05, 0) is 49.8 Å². The second kappa shape index (κ2) is 7.49. The van der Waals surface area contributed by atoms with E-state index in [1.165, 1.54) is 24.8 Å². The molecule has 2 atom stereocenters. The van der Waals surface area contributed by atoms with Crippen LogP contribution in [0.1, 0.15) is 31.7 Å². The van der Waals surface area contributed by atoms with Crippen LogP contribution >= 0.6 is 0 Å². The Morgan fingerprint density at radius 3 is 3.17 bits per heavy atom. The molecule has 1 saturated heterocycles. The van der Waals surface area contributed by atoms with Crippen LogP contribution in [0.15, 0.2) is 24.5 Å². The van der Waals surface area contributed by atoms with Crippen molar-refractivity contribution in [2.24, 2.45) is 5.92 Å². The standard InChI is InChI=1S/C15H24N2O/c1-2-6-17-15(10-14-5-8-18-12-14)9-13-4-3-7-16-11-13/h3-4,7,11,14-15,17H,2,5-6,8-10,12H2,1H3. The van der Waals surface area contributed by atoms with Gasteiger partial charge in [-0.3, -0.25) is 4.98 Å². The molecule has 3 heteroatoms. The highest BCUT2D eigenvalue weighted by Crippen LogP contribution is 2.19. The lowest BCUT2D eigenvalue weighted by atomic mass is 9.95. The molecule has 1 aromatic heterocycles. The SMILES string of the molecule is CCCNC(Cc1cccnc1)CC1CCOC1. The Bertz CT molecular complexity index is 323. The number of ether oxygens (including phenoxy) is 1. The van der Waals surface area contributed by atoms with Gasteiger partial charge in [-0.2, -0.15) is 0 Å². The summed E-state index contributed by atoms with van der Waals surface area (Å²) in [6.45, 7) is 5.20. The third-order valence-corrected chi connectivity index (χ3v) is 3.53. The summed E-state index contributed by atoms with van der Waals surface area (Å²) < 4.78 is 5.47. The van der Waals surface area contributed by atoms with E-state index in [4.69, 9.17) is 4.74 Å². The van der Waals surface area contributed by atoms with Crippen molar-refractivity contribution in [2.45, 2.75) is 38.6 Å². The van der Waals surface area contributed by atoms with Crippen molar-refractivity contribution >= 4 is 0 Å². The maximum absolute atomic E-state index is 5.47. The molecule has 18 heavy (non-hydrogen) atoms. The number of pyridine rings is 1. The first-order valence-corrected chi connectivity index (χ1v) is 7.08. The van der Waals surface area contributed by atoms with Gasteiger partial charge in [-0.25, -0.2) is 0 Å². The fourth-order valence-electron chi connectivity index (χ4n) is 2.56. The van der Waals surface area contributed by atoms with Crippen LogP contribution in [-0.4, -0.2) is 30.8 Å². The van der Waals surface area contributed by atoms with Crippen molar-refractivity contribution in [1.82, 2.24) is 10.3 Å². The summed E-state index contributed by atoms with van der Waals surface area (Å²) in [4.78, 5) is 4.20. The molecule has 1 aromatic rings. The number of hydrogen-bond acceptors (Lipinski definition) is 3. The third-order valence-electron chi connectivity index (χ3n) is 3.53. The molecule has 1 fully saturated rings. The Morgan fingerprint density at radius 1 is 1.56 bits per heavy atom. The van der Waals surface area contributed by atoms with Gasteiger partial charge in [-0.1, -0.05) is 13.0 Å². The highest BCUT2D eigenvalue weighted by Gasteiger charge is 2.20. The van der Waals surface area contributed by atoms with E-state index in [2.05, 4.69) is 23.3 Å². The maximum atomic E-state index is 5.47. The second-order valence-corrected chi connectivity index (χ2v) is 5.18. The van der Waals surface area contributed by atoms with Gasteiger partial charge in [0.05, 0.1) is 0 Å². The molecule has 0 aromatic carbocycles. The molecule has 3 nitrogen and oxygen atoms in total. The van der Waals surface area contributed by atoms with E-state index in [0.717, 1.165) is 32.1 Å². The molecule has 1 aliphatic heterocycles. The molecule has 1 aliphatic rings. The zero-order valence-corrected chi connectivity index (χ0v) is 11.3. The fourth-order valence-corrected chi connectivity index (χ4v) is 2.56. The van der Waals surface area contributed by atoms with Gasteiger partial charge in [0.25, 0.3) is 0 Å². The van der Waals surface area contributed by atoms with Crippen LogP contribution in [0.4, 0.5) is 0 Å². The number of rotatable bonds is 7. The van der Waals surface area contributed by atoms with Crippen molar-refractivity contribution < 1.29 is 4.74 Å². The quantitative estimate of drug-likeness (QED) is 0.804. The average Bonchev–Trinajstić information content (AvgIpc) is 2.90. The zero-order valence-electron chi connectivity index (χ0n) is 11.3. The highest BCUT2D eigenvalue weighted by molar-refractivity contribution is 5.10. The summed E-state index contributed by atoms with van der Waals surface area (Å²) >= 11 is 0. The lowest BCUT2D eigenvalue weighted by Crippen LogP contribution is -2.34. The Kier molecular flexibility index (Phi) is 5.62. The summed E-state index contributed by atoms with van der Waals surface area (Å²) in [6, 6.07) is 4.74. The molecule has 0 bridgehead atoms. The van der Waals surface area contributed by atoms with Crippen molar-refractivity contribution in [1.29, 1.82) is 0 Å². The van der Waals surface area contributed by atoms with Crippen molar-refractivity contribution in [2.75, 3.05) is 19.8 Å². The molecular weight excluding hydrogens is 224 g/mol. The smallest absolute Gasteiger partial charge is 0.0495 e. The third kappa shape index (κ3) is 4.39. The largest absolute Gasteiger partial charge is 0.381 e. The van der Waals surface area contributed by atoms with E-state index in [9.17, 15) is 0 Å². The van der Waals surface area contributed by atoms with Gasteiger partial charge in [-0.15, -0.1) is 0 Å². The first-order chi connectivity index (χ1) is 8.88. The van der Waals surface area contributed by atoms with Gasteiger partial charge in [0.15, 0.2) is 0 Å². The van der Waals surface area contributed by atoms with E-state index in [-0.39, 0.29) is 0 Å². The molecule has 0 spiro atoms. The molecule has 2 heterocycles. The van der Waals surface area contributed by atoms with E-state index in [0.29, 0.717) is 6.04 Å². The van der Waals surface area contributed by atoms with Crippen molar-refractivity contribution in [3.8, 4) is 0 Å². The minimum absolute atomic E-state index is 0.556. The first kappa shape index (κ1) is 13.5. The molecule has 2 rings (SSSR count). The zero-order chi connectivity index (χ0) is 12.6. The maximum Gasteiger partial charge on any atom is 0.0495 e. The van der Waals surface area contributed by atoms with Crippen LogP contribution in [0.25, 0.3) is 0 Å². The normalized spacial score (nSPS) is 21.1.